The van der Waals surface area contributed by atoms with Crippen molar-refractivity contribution in [3.63, 3.8) is 0 Å². The molecule has 0 aromatic rings. The minimum atomic E-state index is -2.48. The minimum absolute atomic E-state index is 0.169. The van der Waals surface area contributed by atoms with Gasteiger partial charge >= 0.3 is 8.80 Å². The maximum absolute atomic E-state index is 5.98. The number of hydrogen-bond acceptors (Lipinski definition) is 4. The van der Waals surface area contributed by atoms with E-state index in [0.29, 0.717) is 5.54 Å². The highest BCUT2D eigenvalue weighted by Gasteiger charge is 2.45. The van der Waals surface area contributed by atoms with E-state index in [0.717, 1.165) is 29.7 Å². The van der Waals surface area contributed by atoms with Crippen molar-refractivity contribution >= 4 is 19.0 Å². The van der Waals surface area contributed by atoms with Crippen molar-refractivity contribution < 1.29 is 18.0 Å². The molecule has 0 aromatic heterocycles. The molecule has 1 fully saturated rings. The summed E-state index contributed by atoms with van der Waals surface area (Å²) in [7, 11) is 3.67. The lowest BCUT2D eigenvalue weighted by Crippen LogP contribution is -2.47. The van der Waals surface area contributed by atoms with Gasteiger partial charge in [0.05, 0.1) is 0 Å². The molecule has 0 spiro atoms. The minimum Gasteiger partial charge on any atom is -0.380 e. The van der Waals surface area contributed by atoms with Crippen LogP contribution < -0.4 is 0 Å². The molecule has 18 heavy (non-hydrogen) atoms. The fourth-order valence-corrected chi connectivity index (χ4v) is 5.79. The Kier molecular flexibility index (Phi) is 6.50. The average molecular weight is 293 g/mol. The summed E-state index contributed by atoms with van der Waals surface area (Å²) in [5.41, 5.74) is 0.314. The largest absolute Gasteiger partial charge is 0.503 e. The molecule has 4 nitrogen and oxygen atoms in total. The number of rotatable bonds is 7. The van der Waals surface area contributed by atoms with Gasteiger partial charge in [0.25, 0.3) is 0 Å². The predicted octanol–water partition coefficient (Wildman–Crippen LogP) is 1.30. The standard InChI is InChI=1S/C12H28O4Si2/c1-11(18(13-2,14-3)15-4)7-9-12(17)8-5-6-10-16-12/h11H,5-10H2,1-4,17H3. The van der Waals surface area contributed by atoms with Crippen LogP contribution in [0.2, 0.25) is 5.54 Å². The van der Waals surface area contributed by atoms with Gasteiger partial charge in [0.15, 0.2) is 0 Å². The zero-order chi connectivity index (χ0) is 13.6. The predicted molar refractivity (Wildman–Crippen MR) is 77.9 cm³/mol. The molecule has 0 aromatic carbocycles. The van der Waals surface area contributed by atoms with Gasteiger partial charge < -0.3 is 18.0 Å². The Hall–Kier alpha value is 0.274. The molecule has 1 rings (SSSR count). The Bertz CT molecular complexity index is 232. The summed E-state index contributed by atoms with van der Waals surface area (Å²) in [6.07, 6.45) is 5.88. The lowest BCUT2D eigenvalue weighted by atomic mass is 10.0. The molecule has 0 amide bonds. The molecule has 1 aliphatic heterocycles. The summed E-state index contributed by atoms with van der Waals surface area (Å²) < 4.78 is 22.6. The molecule has 108 valence electrons. The van der Waals surface area contributed by atoms with Crippen molar-refractivity contribution in [1.29, 1.82) is 0 Å². The molecule has 0 saturated carbocycles. The van der Waals surface area contributed by atoms with Crippen LogP contribution in [-0.2, 0) is 18.0 Å². The monoisotopic (exact) mass is 292 g/mol. The van der Waals surface area contributed by atoms with E-state index < -0.39 is 8.80 Å². The summed E-state index contributed by atoms with van der Waals surface area (Å²) in [5.74, 6) is 0. The Morgan fingerprint density at radius 1 is 1.22 bits per heavy atom. The summed E-state index contributed by atoms with van der Waals surface area (Å²) >= 11 is 0. The van der Waals surface area contributed by atoms with Crippen molar-refractivity contribution in [3.8, 4) is 0 Å². The third-order valence-corrected chi connectivity index (χ3v) is 8.61. The van der Waals surface area contributed by atoms with E-state index in [1.807, 2.05) is 0 Å². The van der Waals surface area contributed by atoms with E-state index >= 15 is 0 Å². The van der Waals surface area contributed by atoms with Crippen molar-refractivity contribution in [2.45, 2.75) is 49.8 Å². The molecule has 0 bridgehead atoms. The highest BCUT2D eigenvalue weighted by Crippen LogP contribution is 2.33. The van der Waals surface area contributed by atoms with Gasteiger partial charge in [-0.15, -0.1) is 0 Å². The second-order valence-corrected chi connectivity index (χ2v) is 10.7. The Morgan fingerprint density at radius 2 is 1.83 bits per heavy atom. The first-order chi connectivity index (χ1) is 8.52. The zero-order valence-corrected chi connectivity index (χ0v) is 15.5. The highest BCUT2D eigenvalue weighted by molar-refractivity contribution is 6.62. The molecule has 2 atom stereocenters. The third-order valence-electron chi connectivity index (χ3n) is 4.11. The first-order valence-corrected chi connectivity index (χ1v) is 9.61. The fraction of sp³-hybridized carbons (Fsp3) is 1.00. The highest BCUT2D eigenvalue weighted by atomic mass is 28.4. The summed E-state index contributed by atoms with van der Waals surface area (Å²) in [5, 5.41) is 0.169. The molecule has 0 aliphatic carbocycles. The summed E-state index contributed by atoms with van der Waals surface area (Å²) in [6, 6.07) is 0. The van der Waals surface area contributed by atoms with Crippen LogP contribution in [0.15, 0.2) is 0 Å². The van der Waals surface area contributed by atoms with Crippen molar-refractivity contribution in [3.05, 3.63) is 0 Å². The SMILES string of the molecule is CO[Si](OC)(OC)C(C)CCC1([SiH3])CCCCO1. The van der Waals surface area contributed by atoms with E-state index in [1.165, 1.54) is 19.3 Å². The summed E-state index contributed by atoms with van der Waals surface area (Å²) in [4.78, 5) is 0. The van der Waals surface area contributed by atoms with Crippen molar-refractivity contribution in [2.24, 2.45) is 0 Å². The van der Waals surface area contributed by atoms with E-state index in [2.05, 4.69) is 6.92 Å². The summed E-state index contributed by atoms with van der Waals surface area (Å²) in [6.45, 7) is 3.09. The molecule has 1 heterocycles. The fourth-order valence-electron chi connectivity index (χ4n) is 2.74. The van der Waals surface area contributed by atoms with Gasteiger partial charge in [0.1, 0.15) is 0 Å². The van der Waals surface area contributed by atoms with Crippen LogP contribution in [0.1, 0.15) is 39.0 Å². The Morgan fingerprint density at radius 3 is 2.28 bits per heavy atom. The first-order valence-electron chi connectivity index (χ1n) is 6.81. The van der Waals surface area contributed by atoms with Gasteiger partial charge in [-0.05, 0) is 32.1 Å². The van der Waals surface area contributed by atoms with Gasteiger partial charge in [-0.2, -0.15) is 0 Å². The Labute approximate surface area is 115 Å². The van der Waals surface area contributed by atoms with Gasteiger partial charge in [0, 0.05) is 48.9 Å². The molecular formula is C12H28O4Si2. The zero-order valence-electron chi connectivity index (χ0n) is 12.5. The molecule has 0 radical (unpaired) electrons. The second kappa shape index (κ2) is 7.16. The maximum Gasteiger partial charge on any atom is 0.503 e. The van der Waals surface area contributed by atoms with Gasteiger partial charge in [-0.3, -0.25) is 0 Å². The van der Waals surface area contributed by atoms with Gasteiger partial charge in [-0.25, -0.2) is 0 Å². The lowest BCUT2D eigenvalue weighted by molar-refractivity contribution is -0.0249. The molecule has 6 heteroatoms. The van der Waals surface area contributed by atoms with E-state index in [-0.39, 0.29) is 5.22 Å². The van der Waals surface area contributed by atoms with Crippen LogP contribution in [0, 0.1) is 0 Å². The van der Waals surface area contributed by atoms with Crippen LogP contribution in [0.4, 0.5) is 0 Å². The molecule has 0 N–H and O–H groups in total. The van der Waals surface area contributed by atoms with Crippen LogP contribution >= 0.6 is 0 Å². The van der Waals surface area contributed by atoms with Crippen LogP contribution in [0.25, 0.3) is 0 Å². The van der Waals surface area contributed by atoms with Gasteiger partial charge in [-0.1, -0.05) is 6.92 Å². The van der Waals surface area contributed by atoms with Crippen molar-refractivity contribution in [1.82, 2.24) is 0 Å². The van der Waals surface area contributed by atoms with Gasteiger partial charge in [0.2, 0.25) is 0 Å². The normalized spacial score (nSPS) is 27.3. The smallest absolute Gasteiger partial charge is 0.380 e. The van der Waals surface area contributed by atoms with E-state index in [1.54, 1.807) is 21.3 Å². The molecule has 1 aliphatic rings. The third kappa shape index (κ3) is 3.88. The molecular weight excluding hydrogens is 264 g/mol. The topological polar surface area (TPSA) is 36.9 Å². The van der Waals surface area contributed by atoms with Crippen LogP contribution in [0.5, 0.6) is 0 Å². The first kappa shape index (κ1) is 16.3. The van der Waals surface area contributed by atoms with Crippen molar-refractivity contribution in [2.75, 3.05) is 27.9 Å². The van der Waals surface area contributed by atoms with E-state index in [4.69, 9.17) is 18.0 Å². The molecule has 1 saturated heterocycles. The molecule has 2 unspecified atom stereocenters. The maximum atomic E-state index is 5.98. The quantitative estimate of drug-likeness (QED) is 0.663. The second-order valence-electron chi connectivity index (χ2n) is 5.41. The average Bonchev–Trinajstić information content (AvgIpc) is 2.40. The van der Waals surface area contributed by atoms with Crippen LogP contribution in [0.3, 0.4) is 0 Å². The number of hydrogen-bond donors (Lipinski definition) is 0. The number of ether oxygens (including phenoxy) is 1. The van der Waals surface area contributed by atoms with Crippen LogP contribution in [-0.4, -0.2) is 52.2 Å². The Balaban J connectivity index is 2.50. The van der Waals surface area contributed by atoms with E-state index in [9.17, 15) is 0 Å². The lowest BCUT2D eigenvalue weighted by Gasteiger charge is -2.37.